The first-order valence-corrected chi connectivity index (χ1v) is 4.73. The topological polar surface area (TPSA) is 72.5 Å². The van der Waals surface area contributed by atoms with Gasteiger partial charge in [0.2, 0.25) is 0 Å². The molecule has 4 nitrogen and oxygen atoms in total. The largest absolute Gasteiger partial charge is 0.400 e. The Bertz CT molecular complexity index is 348. The summed E-state index contributed by atoms with van der Waals surface area (Å²) in [5.41, 5.74) is 7.62. The van der Waals surface area contributed by atoms with Crippen LogP contribution in [0.15, 0.2) is 24.3 Å². The van der Waals surface area contributed by atoms with Crippen LogP contribution in [0.5, 0.6) is 0 Å². The number of aliphatic hydroxyl groups is 1. The van der Waals surface area contributed by atoms with E-state index in [1.807, 2.05) is 18.2 Å². The maximum Gasteiger partial charge on any atom is 0.152 e. The second-order valence-electron chi connectivity index (χ2n) is 2.86. The van der Waals surface area contributed by atoms with Crippen LogP contribution in [-0.4, -0.2) is 32.2 Å². The number of aliphatic hydroxyl groups excluding tert-OH is 1. The highest BCUT2D eigenvalue weighted by atomic mass is 16.5. The average molecular weight is 223 g/mol. The Balaban J connectivity index is 0.00000106. The van der Waals surface area contributed by atoms with E-state index in [2.05, 4.69) is 0 Å². The standard InChI is InChI=1S/C11H13NO2.CH4O/c1-14-6-2-3-9-4-5-10(8-13)11(12)7-9;1-2/h2-5,7-8H,6,12H2,1H3;2H,1H3/b3-2+;. The quantitative estimate of drug-likeness (QED) is 0.597. The summed E-state index contributed by atoms with van der Waals surface area (Å²) in [6, 6.07) is 5.30. The molecule has 4 heteroatoms. The average Bonchev–Trinajstić information content (AvgIpc) is 2.32. The lowest BCUT2D eigenvalue weighted by atomic mass is 10.1. The number of anilines is 1. The number of nitrogen functional groups attached to an aromatic ring is 1. The molecule has 1 aromatic carbocycles. The lowest BCUT2D eigenvalue weighted by Crippen LogP contribution is -1.92. The van der Waals surface area contributed by atoms with Crippen LogP contribution in [0, 0.1) is 0 Å². The summed E-state index contributed by atoms with van der Waals surface area (Å²) in [5, 5.41) is 7.00. The molecule has 0 heterocycles. The molecule has 0 aliphatic carbocycles. The van der Waals surface area contributed by atoms with Crippen molar-refractivity contribution in [1.82, 2.24) is 0 Å². The number of nitrogens with two attached hydrogens (primary N) is 1. The number of carbonyl (C=O) groups excluding carboxylic acids is 1. The molecule has 0 spiro atoms. The van der Waals surface area contributed by atoms with E-state index in [4.69, 9.17) is 15.6 Å². The molecule has 0 atom stereocenters. The molecule has 0 fully saturated rings. The monoisotopic (exact) mass is 223 g/mol. The zero-order valence-corrected chi connectivity index (χ0v) is 9.51. The van der Waals surface area contributed by atoms with Gasteiger partial charge in [-0.15, -0.1) is 0 Å². The Morgan fingerprint density at radius 2 is 2.12 bits per heavy atom. The van der Waals surface area contributed by atoms with E-state index in [9.17, 15) is 4.79 Å². The first-order chi connectivity index (χ1) is 7.77. The third kappa shape index (κ3) is 4.72. The predicted molar refractivity (Wildman–Crippen MR) is 65.3 cm³/mol. The molecular weight excluding hydrogens is 206 g/mol. The summed E-state index contributed by atoms with van der Waals surface area (Å²) in [6.07, 6.45) is 4.53. The molecule has 0 unspecified atom stereocenters. The number of hydrogen-bond donors (Lipinski definition) is 2. The Labute approximate surface area is 95.3 Å². The fraction of sp³-hybridized carbons (Fsp3) is 0.250. The maximum absolute atomic E-state index is 10.5. The molecule has 0 aliphatic rings. The first-order valence-electron chi connectivity index (χ1n) is 4.73. The Kier molecular flexibility index (Phi) is 7.75. The predicted octanol–water partition coefficient (Wildman–Crippen LogP) is 1.35. The van der Waals surface area contributed by atoms with Crippen LogP contribution >= 0.6 is 0 Å². The van der Waals surface area contributed by atoms with Gasteiger partial charge in [-0.05, 0) is 17.7 Å². The van der Waals surface area contributed by atoms with Crippen molar-refractivity contribution in [3.8, 4) is 0 Å². The number of aldehydes is 1. The molecule has 0 amide bonds. The van der Waals surface area contributed by atoms with E-state index < -0.39 is 0 Å². The van der Waals surface area contributed by atoms with Gasteiger partial charge in [0.1, 0.15) is 0 Å². The lowest BCUT2D eigenvalue weighted by Gasteiger charge is -1.99. The van der Waals surface area contributed by atoms with E-state index in [0.717, 1.165) is 19.0 Å². The van der Waals surface area contributed by atoms with Crippen molar-refractivity contribution in [2.75, 3.05) is 26.6 Å². The highest BCUT2D eigenvalue weighted by Gasteiger charge is 1.96. The molecule has 0 saturated heterocycles. The number of carbonyl (C=O) groups is 1. The van der Waals surface area contributed by atoms with Crippen LogP contribution < -0.4 is 5.73 Å². The van der Waals surface area contributed by atoms with Gasteiger partial charge in [0.05, 0.1) is 6.61 Å². The van der Waals surface area contributed by atoms with Crippen LogP contribution in [0.3, 0.4) is 0 Å². The number of methoxy groups -OCH3 is 1. The number of rotatable bonds is 4. The molecule has 0 aliphatic heterocycles. The van der Waals surface area contributed by atoms with Crippen molar-refractivity contribution in [1.29, 1.82) is 0 Å². The van der Waals surface area contributed by atoms with Gasteiger partial charge in [-0.3, -0.25) is 4.79 Å². The van der Waals surface area contributed by atoms with E-state index >= 15 is 0 Å². The van der Waals surface area contributed by atoms with E-state index in [-0.39, 0.29) is 0 Å². The summed E-state index contributed by atoms with van der Waals surface area (Å²) >= 11 is 0. The maximum atomic E-state index is 10.5. The van der Waals surface area contributed by atoms with Gasteiger partial charge < -0.3 is 15.6 Å². The van der Waals surface area contributed by atoms with Crippen molar-refractivity contribution in [3.05, 3.63) is 35.4 Å². The molecule has 88 valence electrons. The molecule has 1 aromatic rings. The molecule has 0 saturated carbocycles. The summed E-state index contributed by atoms with van der Waals surface area (Å²) in [6.45, 7) is 0.565. The third-order valence-corrected chi connectivity index (χ3v) is 1.81. The highest BCUT2D eigenvalue weighted by molar-refractivity contribution is 5.84. The molecule has 3 N–H and O–H groups in total. The minimum Gasteiger partial charge on any atom is -0.400 e. The minimum atomic E-state index is 0.500. The van der Waals surface area contributed by atoms with Crippen LogP contribution in [0.2, 0.25) is 0 Å². The highest BCUT2D eigenvalue weighted by Crippen LogP contribution is 2.13. The van der Waals surface area contributed by atoms with Crippen LogP contribution in [-0.2, 0) is 4.74 Å². The molecule has 1 rings (SSSR count). The van der Waals surface area contributed by atoms with Gasteiger partial charge in [-0.1, -0.05) is 18.2 Å². The number of hydrogen-bond acceptors (Lipinski definition) is 4. The lowest BCUT2D eigenvalue weighted by molar-refractivity contribution is 0.112. The van der Waals surface area contributed by atoms with Crippen molar-refractivity contribution in [3.63, 3.8) is 0 Å². The Morgan fingerprint density at radius 3 is 2.62 bits per heavy atom. The molecule has 0 radical (unpaired) electrons. The summed E-state index contributed by atoms with van der Waals surface area (Å²) in [5.74, 6) is 0. The molecule has 0 aromatic heterocycles. The number of ether oxygens (including phenoxy) is 1. The smallest absolute Gasteiger partial charge is 0.152 e. The van der Waals surface area contributed by atoms with E-state index in [1.54, 1.807) is 19.2 Å². The molecule has 0 bridgehead atoms. The fourth-order valence-corrected chi connectivity index (χ4v) is 1.08. The Hall–Kier alpha value is -1.65. The molecule has 16 heavy (non-hydrogen) atoms. The summed E-state index contributed by atoms with van der Waals surface area (Å²) in [4.78, 5) is 10.5. The van der Waals surface area contributed by atoms with Gasteiger partial charge in [-0.25, -0.2) is 0 Å². The van der Waals surface area contributed by atoms with Crippen molar-refractivity contribution >= 4 is 18.0 Å². The second kappa shape index (κ2) is 8.64. The van der Waals surface area contributed by atoms with Crippen molar-refractivity contribution < 1.29 is 14.6 Å². The van der Waals surface area contributed by atoms with Crippen LogP contribution in [0.25, 0.3) is 6.08 Å². The zero-order chi connectivity index (χ0) is 12.4. The summed E-state index contributed by atoms with van der Waals surface area (Å²) < 4.78 is 4.86. The van der Waals surface area contributed by atoms with E-state index in [0.29, 0.717) is 17.9 Å². The second-order valence-corrected chi connectivity index (χ2v) is 2.86. The van der Waals surface area contributed by atoms with Gasteiger partial charge >= 0.3 is 0 Å². The van der Waals surface area contributed by atoms with Gasteiger partial charge in [-0.2, -0.15) is 0 Å². The van der Waals surface area contributed by atoms with Gasteiger partial charge in [0.15, 0.2) is 6.29 Å². The van der Waals surface area contributed by atoms with Gasteiger partial charge in [0.25, 0.3) is 0 Å². The third-order valence-electron chi connectivity index (χ3n) is 1.81. The van der Waals surface area contributed by atoms with Crippen LogP contribution in [0.4, 0.5) is 5.69 Å². The van der Waals surface area contributed by atoms with E-state index in [1.165, 1.54) is 0 Å². The minimum absolute atomic E-state index is 0.500. The summed E-state index contributed by atoms with van der Waals surface area (Å²) in [7, 11) is 2.63. The van der Waals surface area contributed by atoms with Crippen LogP contribution in [0.1, 0.15) is 15.9 Å². The zero-order valence-electron chi connectivity index (χ0n) is 9.51. The fourth-order valence-electron chi connectivity index (χ4n) is 1.08. The van der Waals surface area contributed by atoms with Crippen molar-refractivity contribution in [2.24, 2.45) is 0 Å². The SMILES string of the molecule is CO.COC/C=C/c1ccc(C=O)c(N)c1. The number of benzene rings is 1. The normalized spacial score (nSPS) is 9.69. The van der Waals surface area contributed by atoms with Crippen molar-refractivity contribution in [2.45, 2.75) is 0 Å². The molecular formula is C12H17NO3. The van der Waals surface area contributed by atoms with Gasteiger partial charge in [0, 0.05) is 25.5 Å². The first kappa shape index (κ1) is 14.3. The Morgan fingerprint density at radius 1 is 1.44 bits per heavy atom.